The van der Waals surface area contributed by atoms with Crippen LogP contribution in [-0.2, 0) is 17.7 Å². The van der Waals surface area contributed by atoms with Crippen molar-refractivity contribution >= 4 is 6.09 Å². The summed E-state index contributed by atoms with van der Waals surface area (Å²) >= 11 is 0. The number of carbonyl (C=O) groups excluding carboxylic acids is 1. The minimum Gasteiger partial charge on any atom is -0.507 e. The number of phenolic OH excluding ortho intramolecular Hbond substituents is 1. The van der Waals surface area contributed by atoms with E-state index >= 15 is 0 Å². The third kappa shape index (κ3) is 5.79. The second-order valence-electron chi connectivity index (χ2n) is 6.75. The molecule has 3 N–H and O–H groups in total. The fraction of sp³-hybridized carbons (Fsp3) is 0.444. The van der Waals surface area contributed by atoms with Gasteiger partial charge in [0.05, 0.1) is 12.7 Å². The first-order chi connectivity index (χ1) is 11.8. The first-order valence-corrected chi connectivity index (χ1v) is 8.21. The third-order valence-corrected chi connectivity index (χ3v) is 3.41. The molecule has 0 bridgehead atoms. The van der Waals surface area contributed by atoms with Crippen molar-refractivity contribution in [3.8, 4) is 16.9 Å². The van der Waals surface area contributed by atoms with E-state index in [0.29, 0.717) is 25.1 Å². The van der Waals surface area contributed by atoms with Gasteiger partial charge in [-0.3, -0.25) is 4.68 Å². The van der Waals surface area contributed by atoms with E-state index in [1.807, 2.05) is 26.8 Å². The van der Waals surface area contributed by atoms with Gasteiger partial charge in [-0.15, -0.1) is 0 Å². The van der Waals surface area contributed by atoms with Gasteiger partial charge in [0.25, 0.3) is 0 Å². The van der Waals surface area contributed by atoms with E-state index in [2.05, 4.69) is 10.4 Å². The number of amides is 1. The van der Waals surface area contributed by atoms with Crippen molar-refractivity contribution in [2.75, 3.05) is 13.2 Å². The predicted octanol–water partition coefficient (Wildman–Crippen LogP) is 2.32. The average Bonchev–Trinajstić information content (AvgIpc) is 2.96. The van der Waals surface area contributed by atoms with Crippen LogP contribution >= 0.6 is 0 Å². The van der Waals surface area contributed by atoms with Gasteiger partial charge < -0.3 is 20.3 Å². The molecule has 0 aliphatic heterocycles. The van der Waals surface area contributed by atoms with E-state index in [1.54, 1.807) is 29.2 Å². The Bertz CT molecular complexity index is 719. The summed E-state index contributed by atoms with van der Waals surface area (Å²) in [6.07, 6.45) is 3.52. The highest BCUT2D eigenvalue weighted by Gasteiger charge is 2.15. The number of carbonyl (C=O) groups is 1. The van der Waals surface area contributed by atoms with Crippen LogP contribution in [0.3, 0.4) is 0 Å². The topological polar surface area (TPSA) is 96.6 Å². The molecule has 2 rings (SSSR count). The Morgan fingerprint density at radius 1 is 1.36 bits per heavy atom. The highest BCUT2D eigenvalue weighted by molar-refractivity contribution is 5.69. The van der Waals surface area contributed by atoms with Gasteiger partial charge in [0, 0.05) is 30.5 Å². The largest absolute Gasteiger partial charge is 0.507 e. The third-order valence-electron chi connectivity index (χ3n) is 3.41. The number of rotatable bonds is 6. The van der Waals surface area contributed by atoms with Crippen LogP contribution in [0.5, 0.6) is 5.75 Å². The SMILES string of the molecule is CC(C)(C)OC(=O)NCCn1cc(-c2cc(CCO)ccc2O)cn1. The first-order valence-electron chi connectivity index (χ1n) is 8.21. The standard InChI is InChI=1S/C18H25N3O4/c1-18(2,3)25-17(24)19-7-8-21-12-14(11-20-21)15-10-13(6-9-22)4-5-16(15)23/h4-5,10-12,22-23H,6-9H2,1-3H3,(H,19,24). The maximum absolute atomic E-state index is 11.6. The van der Waals surface area contributed by atoms with Gasteiger partial charge in [0.15, 0.2) is 0 Å². The van der Waals surface area contributed by atoms with Crippen molar-refractivity contribution in [2.24, 2.45) is 0 Å². The summed E-state index contributed by atoms with van der Waals surface area (Å²) in [7, 11) is 0. The summed E-state index contributed by atoms with van der Waals surface area (Å²) in [6, 6.07) is 5.23. The van der Waals surface area contributed by atoms with Crippen LogP contribution in [0, 0.1) is 0 Å². The molecule has 2 aromatic rings. The van der Waals surface area contributed by atoms with E-state index in [-0.39, 0.29) is 12.4 Å². The van der Waals surface area contributed by atoms with Crippen molar-refractivity contribution in [1.82, 2.24) is 15.1 Å². The fourth-order valence-corrected chi connectivity index (χ4v) is 2.31. The number of nitrogens with zero attached hydrogens (tertiary/aromatic N) is 2. The van der Waals surface area contributed by atoms with E-state index in [1.165, 1.54) is 0 Å². The summed E-state index contributed by atoms with van der Waals surface area (Å²) in [4.78, 5) is 11.6. The van der Waals surface area contributed by atoms with Crippen LogP contribution in [0.15, 0.2) is 30.6 Å². The lowest BCUT2D eigenvalue weighted by Gasteiger charge is -2.19. The summed E-state index contributed by atoms with van der Waals surface area (Å²) in [5.74, 6) is 0.160. The maximum atomic E-state index is 11.6. The Balaban J connectivity index is 1.96. The lowest BCUT2D eigenvalue weighted by molar-refractivity contribution is 0.0525. The highest BCUT2D eigenvalue weighted by atomic mass is 16.6. The van der Waals surface area contributed by atoms with Gasteiger partial charge >= 0.3 is 6.09 Å². The van der Waals surface area contributed by atoms with Crippen molar-refractivity contribution < 1.29 is 19.7 Å². The van der Waals surface area contributed by atoms with Crippen molar-refractivity contribution in [2.45, 2.75) is 39.3 Å². The second kappa shape index (κ2) is 8.02. The number of hydrogen-bond donors (Lipinski definition) is 3. The number of ether oxygens (including phenoxy) is 1. The lowest BCUT2D eigenvalue weighted by Crippen LogP contribution is -2.34. The van der Waals surface area contributed by atoms with E-state index in [0.717, 1.165) is 11.1 Å². The zero-order valence-corrected chi connectivity index (χ0v) is 14.8. The zero-order chi connectivity index (χ0) is 18.4. The van der Waals surface area contributed by atoms with Crippen molar-refractivity contribution in [1.29, 1.82) is 0 Å². The summed E-state index contributed by atoms with van der Waals surface area (Å²) in [5, 5.41) is 26.0. The van der Waals surface area contributed by atoms with Gasteiger partial charge in [-0.1, -0.05) is 6.07 Å². The monoisotopic (exact) mass is 347 g/mol. The lowest BCUT2D eigenvalue weighted by atomic mass is 10.0. The summed E-state index contributed by atoms with van der Waals surface area (Å²) in [6.45, 7) is 6.35. The van der Waals surface area contributed by atoms with E-state index in [9.17, 15) is 9.90 Å². The molecule has 0 fully saturated rings. The Hall–Kier alpha value is -2.54. The van der Waals surface area contributed by atoms with Crippen LogP contribution in [0.4, 0.5) is 4.79 Å². The molecule has 7 heteroatoms. The number of aromatic hydroxyl groups is 1. The molecule has 1 aromatic carbocycles. The minimum absolute atomic E-state index is 0.0554. The molecule has 0 aliphatic carbocycles. The molecule has 0 saturated heterocycles. The van der Waals surface area contributed by atoms with Crippen LogP contribution in [0.2, 0.25) is 0 Å². The number of hydrogen-bond acceptors (Lipinski definition) is 5. The molecule has 1 heterocycles. The van der Waals surface area contributed by atoms with Gasteiger partial charge in [-0.2, -0.15) is 5.10 Å². The molecule has 0 aliphatic rings. The zero-order valence-electron chi connectivity index (χ0n) is 14.8. The highest BCUT2D eigenvalue weighted by Crippen LogP contribution is 2.29. The number of nitrogens with one attached hydrogen (secondary N) is 1. The quantitative estimate of drug-likeness (QED) is 0.745. The number of aliphatic hydroxyl groups is 1. The predicted molar refractivity (Wildman–Crippen MR) is 94.4 cm³/mol. The number of benzene rings is 1. The molecule has 0 saturated carbocycles. The Kier molecular flexibility index (Phi) is 6.03. The van der Waals surface area contributed by atoms with Gasteiger partial charge in [0.1, 0.15) is 11.4 Å². The second-order valence-corrected chi connectivity index (χ2v) is 6.75. The van der Waals surface area contributed by atoms with Crippen LogP contribution < -0.4 is 5.32 Å². The van der Waals surface area contributed by atoms with Gasteiger partial charge in [-0.05, 0) is 44.9 Å². The number of alkyl carbamates (subject to hydrolysis) is 1. The number of aliphatic hydroxyl groups excluding tert-OH is 1. The first kappa shape index (κ1) is 18.8. The Labute approximate surface area is 147 Å². The van der Waals surface area contributed by atoms with Gasteiger partial charge in [0.2, 0.25) is 0 Å². The molecule has 0 spiro atoms. The molecule has 7 nitrogen and oxygen atoms in total. The maximum Gasteiger partial charge on any atom is 0.407 e. The van der Waals surface area contributed by atoms with Crippen LogP contribution in [0.25, 0.3) is 11.1 Å². The summed E-state index contributed by atoms with van der Waals surface area (Å²) < 4.78 is 6.85. The average molecular weight is 347 g/mol. The van der Waals surface area contributed by atoms with Crippen molar-refractivity contribution in [3.63, 3.8) is 0 Å². The van der Waals surface area contributed by atoms with Crippen LogP contribution in [0.1, 0.15) is 26.3 Å². The Morgan fingerprint density at radius 3 is 2.80 bits per heavy atom. The number of phenols is 1. The van der Waals surface area contributed by atoms with E-state index < -0.39 is 11.7 Å². The molecular weight excluding hydrogens is 322 g/mol. The van der Waals surface area contributed by atoms with Crippen LogP contribution in [-0.4, -0.2) is 44.8 Å². The van der Waals surface area contributed by atoms with Crippen molar-refractivity contribution in [3.05, 3.63) is 36.2 Å². The molecular formula is C18H25N3O4. The smallest absolute Gasteiger partial charge is 0.407 e. The van der Waals surface area contributed by atoms with E-state index in [4.69, 9.17) is 9.84 Å². The molecule has 1 aromatic heterocycles. The Morgan fingerprint density at radius 2 is 2.12 bits per heavy atom. The summed E-state index contributed by atoms with van der Waals surface area (Å²) in [5.41, 5.74) is 1.85. The molecule has 1 amide bonds. The molecule has 0 unspecified atom stereocenters. The van der Waals surface area contributed by atoms with Gasteiger partial charge in [-0.25, -0.2) is 4.79 Å². The normalized spacial score (nSPS) is 11.4. The minimum atomic E-state index is -0.528. The fourth-order valence-electron chi connectivity index (χ4n) is 2.31. The molecule has 136 valence electrons. The molecule has 0 radical (unpaired) electrons. The number of aromatic nitrogens is 2. The molecule has 25 heavy (non-hydrogen) atoms. The molecule has 0 atom stereocenters.